The van der Waals surface area contributed by atoms with Crippen LogP contribution in [0.25, 0.3) is 0 Å². The van der Waals surface area contributed by atoms with Gasteiger partial charge in [0.15, 0.2) is 0 Å². The van der Waals surface area contributed by atoms with Gasteiger partial charge in [0.1, 0.15) is 18.3 Å². The van der Waals surface area contributed by atoms with Gasteiger partial charge in [-0.25, -0.2) is 4.79 Å². The van der Waals surface area contributed by atoms with Crippen molar-refractivity contribution in [3.05, 3.63) is 0 Å². The smallest absolute Gasteiger partial charge is 0.462 e. The molecule has 0 amide bonds. The van der Waals surface area contributed by atoms with E-state index in [4.69, 9.17) is 18.8 Å². The first kappa shape index (κ1) is 23.3. The summed E-state index contributed by atoms with van der Waals surface area (Å²) in [6.07, 6.45) is 2.89. The minimum Gasteiger partial charge on any atom is -0.462 e. The first-order valence-electron chi connectivity index (χ1n) is 10.9. The number of halogens is 2. The lowest BCUT2D eigenvalue weighted by Gasteiger charge is -2.34. The van der Waals surface area contributed by atoms with Crippen molar-refractivity contribution in [3.63, 3.8) is 0 Å². The maximum atomic E-state index is 13.7. The van der Waals surface area contributed by atoms with Crippen LogP contribution in [0.3, 0.4) is 0 Å². The van der Waals surface area contributed by atoms with E-state index in [0.29, 0.717) is 6.42 Å². The molecule has 4 rings (SSSR count). The summed E-state index contributed by atoms with van der Waals surface area (Å²) in [6.45, 7) is 2.04. The van der Waals surface area contributed by atoms with Crippen molar-refractivity contribution in [2.75, 3.05) is 0 Å². The molecule has 0 spiro atoms. The van der Waals surface area contributed by atoms with Crippen LogP contribution in [0.1, 0.15) is 51.9 Å². The van der Waals surface area contributed by atoms with Gasteiger partial charge >= 0.3 is 33.3 Å². The van der Waals surface area contributed by atoms with Crippen LogP contribution in [-0.2, 0) is 38.7 Å². The number of hydrogen-bond acceptors (Lipinski definition) is 8. The monoisotopic (exact) mass is 480 g/mol. The molecule has 1 N–H and O–H groups in total. The average Bonchev–Trinajstić information content (AvgIpc) is 3.32. The van der Waals surface area contributed by atoms with Gasteiger partial charge in [0.25, 0.3) is 0 Å². The average molecular weight is 480 g/mol. The Morgan fingerprint density at radius 3 is 2.53 bits per heavy atom. The normalized spacial score (nSPS) is 38.4. The van der Waals surface area contributed by atoms with Crippen molar-refractivity contribution in [1.29, 1.82) is 0 Å². The maximum Gasteiger partial charge on any atom is 0.465 e. The summed E-state index contributed by atoms with van der Waals surface area (Å²) < 4.78 is 73.5. The molecule has 1 saturated heterocycles. The molecule has 3 aliphatic carbocycles. The van der Waals surface area contributed by atoms with Crippen molar-refractivity contribution >= 4 is 28.0 Å². The van der Waals surface area contributed by atoms with Gasteiger partial charge in [0.2, 0.25) is 0 Å². The Labute approximate surface area is 183 Å². The SMILES string of the molecule is CCCC1CCCCC1OC(=O)C1C2CC3C(OC(=O)C31)C2OC(=O)C(F)(F)S(=O)(=O)O. The summed E-state index contributed by atoms with van der Waals surface area (Å²) in [4.78, 5) is 37.4. The van der Waals surface area contributed by atoms with Crippen molar-refractivity contribution in [2.45, 2.75) is 75.4 Å². The topological polar surface area (TPSA) is 133 Å². The summed E-state index contributed by atoms with van der Waals surface area (Å²) in [5.41, 5.74) is 0. The number of fused-ring (bicyclic) bond motifs is 1. The molecule has 12 heteroatoms. The standard InChI is InChI=1S/C20H26F2O9S/c1-2-5-9-6-3-4-7-12(9)29-17(23)13-11-8-10-14(13)18(24)30-15(10)16(11)31-19(25)20(21,22)32(26,27)28/h9-16H,2-8H2,1H3,(H,26,27,28). The highest BCUT2D eigenvalue weighted by Crippen LogP contribution is 2.59. The Morgan fingerprint density at radius 1 is 1.19 bits per heavy atom. The molecular weight excluding hydrogens is 454 g/mol. The molecular formula is C20H26F2O9S. The number of ether oxygens (including phenoxy) is 3. The van der Waals surface area contributed by atoms with Crippen LogP contribution >= 0.6 is 0 Å². The second kappa shape index (κ2) is 8.19. The van der Waals surface area contributed by atoms with Gasteiger partial charge in [-0.3, -0.25) is 14.1 Å². The second-order valence-corrected chi connectivity index (χ2v) is 10.6. The molecule has 0 aromatic heterocycles. The van der Waals surface area contributed by atoms with Crippen LogP contribution in [0.5, 0.6) is 0 Å². The number of esters is 3. The van der Waals surface area contributed by atoms with E-state index in [-0.39, 0.29) is 18.4 Å². The van der Waals surface area contributed by atoms with Gasteiger partial charge < -0.3 is 14.2 Å². The number of carbonyl (C=O) groups excluding carboxylic acids is 3. The van der Waals surface area contributed by atoms with Crippen LogP contribution in [0.15, 0.2) is 0 Å². The summed E-state index contributed by atoms with van der Waals surface area (Å²) in [6, 6.07) is 0. The molecule has 4 fully saturated rings. The molecule has 0 aromatic carbocycles. The van der Waals surface area contributed by atoms with Gasteiger partial charge in [0.05, 0.1) is 11.8 Å². The van der Waals surface area contributed by atoms with E-state index in [1.165, 1.54) is 0 Å². The van der Waals surface area contributed by atoms with Gasteiger partial charge in [0, 0.05) is 11.8 Å². The molecule has 8 atom stereocenters. The third kappa shape index (κ3) is 3.68. The van der Waals surface area contributed by atoms with Crippen molar-refractivity contribution in [1.82, 2.24) is 0 Å². The quantitative estimate of drug-likeness (QED) is 0.330. The highest BCUT2D eigenvalue weighted by atomic mass is 32.2. The highest BCUT2D eigenvalue weighted by molar-refractivity contribution is 7.87. The number of hydrogen-bond donors (Lipinski definition) is 1. The van der Waals surface area contributed by atoms with Crippen molar-refractivity contribution in [2.24, 2.45) is 29.6 Å². The third-order valence-electron chi connectivity index (χ3n) is 7.39. The molecule has 3 saturated carbocycles. The van der Waals surface area contributed by atoms with Gasteiger partial charge in [-0.05, 0) is 38.0 Å². The second-order valence-electron chi connectivity index (χ2n) is 9.19. The Bertz CT molecular complexity index is 903. The summed E-state index contributed by atoms with van der Waals surface area (Å²) in [7, 11) is -6.05. The zero-order chi connectivity index (χ0) is 23.4. The molecule has 9 nitrogen and oxygen atoms in total. The fourth-order valence-corrected chi connectivity index (χ4v) is 6.28. The lowest BCUT2D eigenvalue weighted by atomic mass is 9.78. The number of rotatable bonds is 7. The maximum absolute atomic E-state index is 13.7. The minimum atomic E-state index is -6.05. The van der Waals surface area contributed by atoms with E-state index >= 15 is 0 Å². The largest absolute Gasteiger partial charge is 0.465 e. The third-order valence-corrected chi connectivity index (χ3v) is 8.20. The lowest BCUT2D eigenvalue weighted by molar-refractivity contribution is -0.181. The van der Waals surface area contributed by atoms with Crippen LogP contribution in [0.2, 0.25) is 0 Å². The predicted octanol–water partition coefficient (Wildman–Crippen LogP) is 2.09. The predicted molar refractivity (Wildman–Crippen MR) is 102 cm³/mol. The van der Waals surface area contributed by atoms with E-state index in [0.717, 1.165) is 32.1 Å². The van der Waals surface area contributed by atoms with Crippen LogP contribution in [0, 0.1) is 29.6 Å². The van der Waals surface area contributed by atoms with E-state index in [1.807, 2.05) is 6.92 Å². The van der Waals surface area contributed by atoms with E-state index in [9.17, 15) is 31.6 Å². The van der Waals surface area contributed by atoms with Crippen LogP contribution in [-0.4, -0.2) is 54.4 Å². The molecule has 32 heavy (non-hydrogen) atoms. The Kier molecular flexibility index (Phi) is 5.98. The molecule has 0 aromatic rings. The van der Waals surface area contributed by atoms with Gasteiger partial charge in [-0.2, -0.15) is 17.2 Å². The number of alkyl halides is 2. The lowest BCUT2D eigenvalue weighted by Crippen LogP contribution is -2.48. The molecule has 1 aliphatic heterocycles. The molecule has 0 radical (unpaired) electrons. The fourth-order valence-electron chi connectivity index (χ4n) is 6.02. The molecule has 1 heterocycles. The Hall–Kier alpha value is -1.82. The molecule has 8 unspecified atom stereocenters. The van der Waals surface area contributed by atoms with Crippen LogP contribution in [0.4, 0.5) is 8.78 Å². The summed E-state index contributed by atoms with van der Waals surface area (Å²) >= 11 is 0. The molecule has 180 valence electrons. The first-order valence-corrected chi connectivity index (χ1v) is 12.4. The zero-order valence-electron chi connectivity index (χ0n) is 17.4. The summed E-state index contributed by atoms with van der Waals surface area (Å²) in [5, 5.41) is -5.18. The van der Waals surface area contributed by atoms with E-state index in [1.54, 1.807) is 0 Å². The van der Waals surface area contributed by atoms with Crippen molar-refractivity contribution < 1.29 is 50.3 Å². The molecule has 2 bridgehead atoms. The van der Waals surface area contributed by atoms with Gasteiger partial charge in [-0.1, -0.05) is 19.8 Å². The first-order chi connectivity index (χ1) is 15.0. The van der Waals surface area contributed by atoms with E-state index < -0.39 is 69.2 Å². The van der Waals surface area contributed by atoms with Crippen molar-refractivity contribution in [3.8, 4) is 0 Å². The zero-order valence-corrected chi connectivity index (χ0v) is 18.3. The van der Waals surface area contributed by atoms with E-state index in [2.05, 4.69) is 0 Å². The molecule has 4 aliphatic rings. The highest BCUT2D eigenvalue weighted by Gasteiger charge is 2.71. The minimum absolute atomic E-state index is 0.210. The van der Waals surface area contributed by atoms with Crippen LogP contribution < -0.4 is 0 Å². The van der Waals surface area contributed by atoms with Gasteiger partial charge in [-0.15, -0.1) is 0 Å². The fraction of sp³-hybridized carbons (Fsp3) is 0.850. The Morgan fingerprint density at radius 2 is 1.88 bits per heavy atom. The Balaban J connectivity index is 1.52. The number of carbonyl (C=O) groups is 3. The summed E-state index contributed by atoms with van der Waals surface area (Å²) in [5.74, 6) is -6.74.